The van der Waals surface area contributed by atoms with Gasteiger partial charge >= 0.3 is 0 Å². The Hall–Kier alpha value is -2.19. The van der Waals surface area contributed by atoms with Crippen molar-refractivity contribution in [1.82, 2.24) is 20.8 Å². The van der Waals surface area contributed by atoms with Crippen molar-refractivity contribution in [2.45, 2.75) is 69.7 Å². The van der Waals surface area contributed by atoms with Gasteiger partial charge in [0.1, 0.15) is 5.92 Å². The van der Waals surface area contributed by atoms with E-state index in [1.807, 2.05) is 38.3 Å². The quantitative estimate of drug-likeness (QED) is 0.566. The summed E-state index contributed by atoms with van der Waals surface area (Å²) < 4.78 is 5.61. The Kier molecular flexibility index (Phi) is 8.66. The van der Waals surface area contributed by atoms with Gasteiger partial charge in [0.15, 0.2) is 0 Å². The third-order valence-corrected chi connectivity index (χ3v) is 6.19. The van der Waals surface area contributed by atoms with Crippen molar-refractivity contribution in [2.75, 3.05) is 6.26 Å². The minimum Gasteiger partial charge on any atom is -0.415 e. The monoisotopic (exact) mass is 444 g/mol. The van der Waals surface area contributed by atoms with E-state index in [2.05, 4.69) is 33.0 Å². The van der Waals surface area contributed by atoms with E-state index in [1.165, 1.54) is 17.3 Å². The minimum absolute atomic E-state index is 0.0526. The topological polar surface area (TPSA) is 97.1 Å². The molecule has 1 saturated carbocycles. The zero-order valence-electron chi connectivity index (χ0n) is 18.5. The molecule has 3 atom stereocenters. The number of amides is 2. The molecule has 1 fully saturated rings. The van der Waals surface area contributed by atoms with Gasteiger partial charge in [0.2, 0.25) is 17.7 Å². The Morgan fingerprint density at radius 3 is 2.58 bits per heavy atom. The van der Waals surface area contributed by atoms with Crippen LogP contribution in [0.25, 0.3) is 0 Å². The summed E-state index contributed by atoms with van der Waals surface area (Å²) in [6.45, 7) is 4.76. The van der Waals surface area contributed by atoms with E-state index < -0.39 is 5.92 Å². The molecule has 0 aliphatic heterocycles. The number of nitrogens with one attached hydrogen (secondary N) is 2. The van der Waals surface area contributed by atoms with Crippen LogP contribution >= 0.6 is 11.8 Å². The summed E-state index contributed by atoms with van der Waals surface area (Å²) in [5, 5.41) is 14.6. The van der Waals surface area contributed by atoms with Gasteiger partial charge in [-0.2, -0.15) is 0 Å². The van der Waals surface area contributed by atoms with E-state index in [-0.39, 0.29) is 35.6 Å². The van der Waals surface area contributed by atoms with Crippen LogP contribution in [0.4, 0.5) is 0 Å². The Labute approximate surface area is 188 Å². The molecular weight excluding hydrogens is 412 g/mol. The molecule has 8 heteroatoms. The molecule has 168 valence electrons. The molecule has 1 aliphatic rings. The maximum absolute atomic E-state index is 13.1. The number of hydrogen-bond donors (Lipinski definition) is 2. The average Bonchev–Trinajstić information content (AvgIpc) is 3.25. The Morgan fingerprint density at radius 2 is 1.90 bits per heavy atom. The number of rotatable bonds is 9. The van der Waals surface area contributed by atoms with Crippen LogP contribution in [-0.4, -0.2) is 34.3 Å². The first-order chi connectivity index (χ1) is 15.0. The fourth-order valence-corrected chi connectivity index (χ4v) is 4.36. The van der Waals surface area contributed by atoms with Crippen LogP contribution < -0.4 is 10.6 Å². The van der Waals surface area contributed by atoms with Crippen molar-refractivity contribution in [2.24, 2.45) is 11.8 Å². The maximum atomic E-state index is 13.1. The molecule has 0 unspecified atom stereocenters. The van der Waals surface area contributed by atoms with Crippen LogP contribution in [0.15, 0.2) is 40.0 Å². The zero-order chi connectivity index (χ0) is 22.2. The van der Waals surface area contributed by atoms with Crippen molar-refractivity contribution < 1.29 is 14.0 Å². The summed E-state index contributed by atoms with van der Waals surface area (Å²) in [6.07, 6.45) is 6.15. The number of nitrogens with zero attached hydrogens (tertiary/aromatic N) is 2. The molecule has 3 rings (SSSR count). The van der Waals surface area contributed by atoms with Gasteiger partial charge in [-0.1, -0.05) is 68.8 Å². The van der Waals surface area contributed by atoms with Crippen molar-refractivity contribution in [3.8, 4) is 0 Å². The van der Waals surface area contributed by atoms with E-state index in [0.29, 0.717) is 18.2 Å². The number of hydrogen-bond acceptors (Lipinski definition) is 7. The molecule has 0 spiro atoms. The summed E-state index contributed by atoms with van der Waals surface area (Å²) in [4.78, 5) is 26.1. The first-order valence-electron chi connectivity index (χ1n) is 11.0. The fourth-order valence-electron chi connectivity index (χ4n) is 4.07. The third-order valence-electron chi connectivity index (χ3n) is 5.68. The summed E-state index contributed by atoms with van der Waals surface area (Å²) >= 11 is 1.33. The molecule has 1 heterocycles. The third kappa shape index (κ3) is 6.64. The second-order valence-electron chi connectivity index (χ2n) is 8.51. The fraction of sp³-hybridized carbons (Fsp3) is 0.565. The van der Waals surface area contributed by atoms with Crippen LogP contribution in [0.1, 0.15) is 63.3 Å². The Morgan fingerprint density at radius 1 is 1.16 bits per heavy atom. The second kappa shape index (κ2) is 11.4. The van der Waals surface area contributed by atoms with Gasteiger partial charge in [-0.25, -0.2) is 0 Å². The molecule has 31 heavy (non-hydrogen) atoms. The number of carbonyl (C=O) groups excluding carboxylic acids is 2. The van der Waals surface area contributed by atoms with Gasteiger partial charge in [-0.15, -0.1) is 10.2 Å². The van der Waals surface area contributed by atoms with Crippen molar-refractivity contribution >= 4 is 23.6 Å². The Bertz CT molecular complexity index is 856. The molecule has 7 nitrogen and oxygen atoms in total. The van der Waals surface area contributed by atoms with Gasteiger partial charge in [0, 0.05) is 12.6 Å². The lowest BCUT2D eigenvalue weighted by molar-refractivity contribution is -0.135. The van der Waals surface area contributed by atoms with Crippen molar-refractivity contribution in [3.05, 3.63) is 41.8 Å². The lowest BCUT2D eigenvalue weighted by Gasteiger charge is -2.31. The molecule has 0 saturated heterocycles. The summed E-state index contributed by atoms with van der Waals surface area (Å²) in [7, 11) is 0. The number of imide groups is 1. The number of carbonyl (C=O) groups is 2. The lowest BCUT2D eigenvalue weighted by atomic mass is 9.83. The first kappa shape index (κ1) is 23.5. The number of aromatic nitrogens is 2. The first-order valence-corrected chi connectivity index (χ1v) is 12.2. The highest BCUT2D eigenvalue weighted by atomic mass is 32.2. The van der Waals surface area contributed by atoms with Crippen molar-refractivity contribution in [3.63, 3.8) is 0 Å². The summed E-state index contributed by atoms with van der Waals surface area (Å²) in [5.41, 5.74) is 1.18. The standard InChI is InChI=1S/C23H32N4O3S/c1-15(2)13-18(22-26-27-23(30-22)31-3)21(29)25-20(28)17-11-7-8-12-19(17)24-14-16-9-5-4-6-10-16/h4-6,9-10,15,17-19,24H,7-8,11-14H2,1-3H3,(H,25,28,29)/t17-,18-,19+/m1/s1. The van der Waals surface area contributed by atoms with E-state index in [9.17, 15) is 9.59 Å². The lowest BCUT2D eigenvalue weighted by Crippen LogP contribution is -2.48. The second-order valence-corrected chi connectivity index (χ2v) is 9.27. The van der Waals surface area contributed by atoms with Crippen LogP contribution in [0, 0.1) is 11.8 Å². The van der Waals surface area contributed by atoms with Gasteiger partial charge in [-0.05, 0) is 37.0 Å². The van der Waals surface area contributed by atoms with E-state index >= 15 is 0 Å². The molecule has 0 radical (unpaired) electrons. The number of thioether (sulfide) groups is 1. The summed E-state index contributed by atoms with van der Waals surface area (Å²) in [5.74, 6) is -0.922. The molecule has 0 bridgehead atoms. The maximum Gasteiger partial charge on any atom is 0.276 e. The minimum atomic E-state index is -0.628. The predicted molar refractivity (Wildman–Crippen MR) is 120 cm³/mol. The SMILES string of the molecule is CSc1nnc([C@H](CC(C)C)C(=O)NC(=O)[C@@H]2CCCC[C@@H]2NCc2ccccc2)o1. The zero-order valence-corrected chi connectivity index (χ0v) is 19.3. The van der Waals surface area contributed by atoms with Gasteiger partial charge < -0.3 is 9.73 Å². The largest absolute Gasteiger partial charge is 0.415 e. The van der Waals surface area contributed by atoms with Crippen LogP contribution in [0.3, 0.4) is 0 Å². The van der Waals surface area contributed by atoms with Crippen molar-refractivity contribution in [1.29, 1.82) is 0 Å². The Balaban J connectivity index is 1.65. The smallest absolute Gasteiger partial charge is 0.276 e. The average molecular weight is 445 g/mol. The normalized spacial score (nSPS) is 19.9. The molecule has 2 aromatic rings. The predicted octanol–water partition coefficient (Wildman–Crippen LogP) is 3.91. The molecular formula is C23H32N4O3S. The van der Waals surface area contributed by atoms with E-state index in [0.717, 1.165) is 25.7 Å². The van der Waals surface area contributed by atoms with E-state index in [1.54, 1.807) is 0 Å². The molecule has 1 aromatic heterocycles. The summed E-state index contributed by atoms with van der Waals surface area (Å²) in [6, 6.07) is 10.2. The highest BCUT2D eigenvalue weighted by Gasteiger charge is 2.34. The van der Waals surface area contributed by atoms with Crippen LogP contribution in [0.2, 0.25) is 0 Å². The van der Waals surface area contributed by atoms with Crippen LogP contribution in [0.5, 0.6) is 0 Å². The number of benzene rings is 1. The van der Waals surface area contributed by atoms with Gasteiger partial charge in [0.05, 0.1) is 5.92 Å². The highest BCUT2D eigenvalue weighted by Crippen LogP contribution is 2.28. The molecule has 2 N–H and O–H groups in total. The molecule has 1 aromatic carbocycles. The highest BCUT2D eigenvalue weighted by molar-refractivity contribution is 7.98. The van der Waals surface area contributed by atoms with Gasteiger partial charge in [0.25, 0.3) is 5.22 Å². The molecule has 1 aliphatic carbocycles. The molecule has 2 amide bonds. The van der Waals surface area contributed by atoms with Gasteiger partial charge in [-0.3, -0.25) is 14.9 Å². The van der Waals surface area contributed by atoms with E-state index in [4.69, 9.17) is 4.42 Å². The van der Waals surface area contributed by atoms with Crippen LogP contribution in [-0.2, 0) is 16.1 Å².